The van der Waals surface area contributed by atoms with Crippen LogP contribution in [0.2, 0.25) is 0 Å². The third-order valence-electron chi connectivity index (χ3n) is 4.99. The Morgan fingerprint density at radius 3 is 2.22 bits per heavy atom. The van der Waals surface area contributed by atoms with Crippen molar-refractivity contribution in [3.63, 3.8) is 0 Å². The maximum Gasteiger partial charge on any atom is 0.262 e. The highest BCUT2D eigenvalue weighted by molar-refractivity contribution is 7.67. The molecule has 9 heteroatoms. The molecule has 3 heterocycles. The van der Waals surface area contributed by atoms with Crippen molar-refractivity contribution in [1.82, 2.24) is 0 Å². The molecule has 150 valence electrons. The smallest absolute Gasteiger partial charge is 0.262 e. The summed E-state index contributed by atoms with van der Waals surface area (Å²) in [5, 5.41) is 11.1. The zero-order chi connectivity index (χ0) is 19.6. The van der Waals surface area contributed by atoms with Crippen molar-refractivity contribution in [3.05, 3.63) is 30.1 Å². The average molecular weight is 402 g/mol. The van der Waals surface area contributed by atoms with E-state index in [0.29, 0.717) is 0 Å². The van der Waals surface area contributed by atoms with Crippen LogP contribution in [0.3, 0.4) is 0 Å². The first-order chi connectivity index (χ1) is 12.5. The molecular formula is C18H24FO7P. The normalized spacial score (nSPS) is 42.8. The first-order valence-corrected chi connectivity index (χ1v) is 10.6. The second kappa shape index (κ2) is 6.32. The molecule has 1 N–H and O–H groups in total. The Hall–Kier alpha value is -0.860. The lowest BCUT2D eigenvalue weighted by atomic mass is 10.0. The molecule has 0 spiro atoms. The number of aliphatic hydroxyl groups excluding tert-OH is 1. The fourth-order valence-corrected chi connectivity index (χ4v) is 6.17. The van der Waals surface area contributed by atoms with E-state index in [1.54, 1.807) is 27.7 Å². The highest BCUT2D eigenvalue weighted by Crippen LogP contribution is 2.60. The Kier molecular flexibility index (Phi) is 4.56. The van der Waals surface area contributed by atoms with Crippen LogP contribution in [-0.2, 0) is 28.0 Å². The largest absolute Gasteiger partial charge is 0.380 e. The summed E-state index contributed by atoms with van der Waals surface area (Å²) in [4.78, 5) is 0. The monoisotopic (exact) mass is 402 g/mol. The molecule has 0 aromatic heterocycles. The first kappa shape index (κ1) is 19.5. The molecule has 3 aliphatic heterocycles. The number of hydrogen-bond donors (Lipinski definition) is 1. The molecule has 3 aliphatic rings. The van der Waals surface area contributed by atoms with E-state index in [2.05, 4.69) is 0 Å². The molecule has 0 radical (unpaired) electrons. The maximum atomic E-state index is 13.7. The van der Waals surface area contributed by atoms with E-state index in [-0.39, 0.29) is 11.9 Å². The van der Waals surface area contributed by atoms with Crippen LogP contribution in [0.5, 0.6) is 0 Å². The van der Waals surface area contributed by atoms with Crippen LogP contribution in [0.15, 0.2) is 24.3 Å². The Balaban J connectivity index is 1.72. The zero-order valence-corrected chi connectivity index (χ0v) is 16.5. The van der Waals surface area contributed by atoms with Crippen molar-refractivity contribution < 1.29 is 37.5 Å². The molecule has 3 fully saturated rings. The number of rotatable bonds is 2. The third kappa shape index (κ3) is 3.38. The highest BCUT2D eigenvalue weighted by Gasteiger charge is 2.62. The van der Waals surface area contributed by atoms with Crippen molar-refractivity contribution in [2.24, 2.45) is 0 Å². The lowest BCUT2D eigenvalue weighted by molar-refractivity contribution is -0.174. The van der Waals surface area contributed by atoms with Crippen molar-refractivity contribution in [2.45, 2.75) is 69.5 Å². The van der Waals surface area contributed by atoms with Crippen LogP contribution in [0.4, 0.5) is 4.39 Å². The van der Waals surface area contributed by atoms with Crippen LogP contribution in [0.1, 0.15) is 27.7 Å². The van der Waals surface area contributed by atoms with Gasteiger partial charge in [0.2, 0.25) is 0 Å². The van der Waals surface area contributed by atoms with Gasteiger partial charge in [-0.3, -0.25) is 4.57 Å². The molecule has 0 unspecified atom stereocenters. The van der Waals surface area contributed by atoms with Gasteiger partial charge in [0.25, 0.3) is 7.37 Å². The SMILES string of the molecule is CC1(C)O[C@H]2[C@@H]([C@H]3COC(C)(C)O3)O[P@](=O)(c3ccc(F)cc3)[C@@H](O)[C@H]2O1. The Bertz CT molecular complexity index is 765. The van der Waals surface area contributed by atoms with Gasteiger partial charge in [-0.15, -0.1) is 0 Å². The van der Waals surface area contributed by atoms with Crippen LogP contribution in [0, 0.1) is 5.82 Å². The van der Waals surface area contributed by atoms with Gasteiger partial charge < -0.3 is 28.6 Å². The average Bonchev–Trinajstić information content (AvgIpc) is 3.10. The van der Waals surface area contributed by atoms with Crippen molar-refractivity contribution in [1.29, 1.82) is 0 Å². The van der Waals surface area contributed by atoms with Gasteiger partial charge in [-0.25, -0.2) is 4.39 Å². The van der Waals surface area contributed by atoms with Crippen molar-refractivity contribution in [2.75, 3.05) is 6.61 Å². The number of fused-ring (bicyclic) bond motifs is 1. The molecule has 0 amide bonds. The first-order valence-electron chi connectivity index (χ1n) is 8.91. The minimum atomic E-state index is -3.81. The number of hydrogen-bond acceptors (Lipinski definition) is 7. The zero-order valence-electron chi connectivity index (χ0n) is 15.6. The van der Waals surface area contributed by atoms with Gasteiger partial charge in [0, 0.05) is 5.30 Å². The third-order valence-corrected chi connectivity index (χ3v) is 7.56. The minimum Gasteiger partial charge on any atom is -0.380 e. The molecule has 7 nitrogen and oxygen atoms in total. The summed E-state index contributed by atoms with van der Waals surface area (Å²) < 4.78 is 56.3. The number of aliphatic hydroxyl groups is 1. The van der Waals surface area contributed by atoms with E-state index in [0.717, 1.165) is 0 Å². The van der Waals surface area contributed by atoms with Gasteiger partial charge in [-0.1, -0.05) is 0 Å². The molecule has 0 saturated carbocycles. The van der Waals surface area contributed by atoms with E-state index >= 15 is 0 Å². The topological polar surface area (TPSA) is 83.5 Å². The van der Waals surface area contributed by atoms with E-state index in [4.69, 9.17) is 23.5 Å². The van der Waals surface area contributed by atoms with Crippen LogP contribution >= 0.6 is 7.37 Å². The second-order valence-electron chi connectivity index (χ2n) is 7.99. The van der Waals surface area contributed by atoms with Gasteiger partial charge >= 0.3 is 0 Å². The summed E-state index contributed by atoms with van der Waals surface area (Å²) in [6.45, 7) is 7.21. The standard InChI is InChI=1S/C18H24FO7P/c1-17(2)22-9-12(23-17)13-14-15(25-18(3,4)24-14)16(20)27(21,26-13)11-7-5-10(19)6-8-11/h5-8,12-16,20H,9H2,1-4H3/t12-,13-,14+,15+,16-,27-/m1/s1. The summed E-state index contributed by atoms with van der Waals surface area (Å²) >= 11 is 0. The molecule has 4 rings (SSSR count). The second-order valence-corrected chi connectivity index (χ2v) is 10.4. The molecule has 3 saturated heterocycles. The number of benzene rings is 1. The Morgan fingerprint density at radius 2 is 1.63 bits per heavy atom. The fraction of sp³-hybridized carbons (Fsp3) is 0.667. The van der Waals surface area contributed by atoms with Crippen LogP contribution in [0.25, 0.3) is 0 Å². The summed E-state index contributed by atoms with van der Waals surface area (Å²) in [6, 6.07) is 5.07. The Morgan fingerprint density at radius 1 is 1.00 bits per heavy atom. The van der Waals surface area contributed by atoms with Gasteiger partial charge in [-0.05, 0) is 52.0 Å². The lowest BCUT2D eigenvalue weighted by Crippen LogP contribution is -2.55. The van der Waals surface area contributed by atoms with Crippen molar-refractivity contribution in [3.8, 4) is 0 Å². The highest BCUT2D eigenvalue weighted by atomic mass is 31.2. The van der Waals surface area contributed by atoms with Gasteiger partial charge in [0.1, 0.15) is 30.2 Å². The van der Waals surface area contributed by atoms with Crippen molar-refractivity contribution >= 4 is 12.7 Å². The molecule has 0 bridgehead atoms. The van der Waals surface area contributed by atoms with Gasteiger partial charge in [0.05, 0.1) is 6.61 Å². The van der Waals surface area contributed by atoms with Crippen LogP contribution in [-0.4, -0.2) is 53.5 Å². The van der Waals surface area contributed by atoms with E-state index in [1.807, 2.05) is 0 Å². The summed E-state index contributed by atoms with van der Waals surface area (Å²) in [7, 11) is -3.81. The number of ether oxygens (including phenoxy) is 4. The summed E-state index contributed by atoms with van der Waals surface area (Å²) in [5.74, 6) is -3.71. The molecular weight excluding hydrogens is 378 g/mol. The molecule has 6 atom stereocenters. The van der Waals surface area contributed by atoms with E-state index in [9.17, 15) is 14.1 Å². The fourth-order valence-electron chi connectivity index (χ4n) is 3.82. The molecule has 1 aromatic rings. The van der Waals surface area contributed by atoms with Gasteiger partial charge in [0.15, 0.2) is 17.4 Å². The predicted octanol–water partition coefficient (Wildman–Crippen LogP) is 2.12. The van der Waals surface area contributed by atoms with Gasteiger partial charge in [-0.2, -0.15) is 0 Å². The van der Waals surface area contributed by atoms with E-state index < -0.39 is 55.0 Å². The molecule has 1 aromatic carbocycles. The molecule has 27 heavy (non-hydrogen) atoms. The maximum absolute atomic E-state index is 13.7. The van der Waals surface area contributed by atoms with Crippen LogP contribution < -0.4 is 5.30 Å². The number of halogens is 1. The quantitative estimate of drug-likeness (QED) is 0.759. The minimum absolute atomic E-state index is 0.214. The summed E-state index contributed by atoms with van der Waals surface area (Å²) in [5.41, 5.74) is 0. The molecule has 0 aliphatic carbocycles. The Labute approximate surface area is 157 Å². The van der Waals surface area contributed by atoms with E-state index in [1.165, 1.54) is 24.3 Å². The summed E-state index contributed by atoms with van der Waals surface area (Å²) in [6.07, 6.45) is -2.88. The lowest BCUT2D eigenvalue weighted by Gasteiger charge is -2.41. The predicted molar refractivity (Wildman–Crippen MR) is 93.2 cm³/mol.